The molecule has 0 unspecified atom stereocenters. The van der Waals surface area contributed by atoms with Gasteiger partial charge >= 0.3 is 0 Å². The molecule has 0 spiro atoms. The molecule has 0 N–H and O–H groups in total. The fourth-order valence-corrected chi connectivity index (χ4v) is 3.19. The number of benzene rings is 3. The first-order valence-corrected chi connectivity index (χ1v) is 10.1. The maximum atomic E-state index is 12.9. The molecule has 0 saturated carbocycles. The van der Waals surface area contributed by atoms with E-state index in [1.54, 1.807) is 36.5 Å². The zero-order chi connectivity index (χ0) is 22.5. The molecule has 4 rings (SSSR count). The highest BCUT2D eigenvalue weighted by molar-refractivity contribution is 5.80. The molecule has 1 heterocycles. The zero-order valence-corrected chi connectivity index (χ0v) is 17.3. The third-order valence-electron chi connectivity index (χ3n) is 4.78. The molecule has 8 nitrogen and oxygen atoms in total. The van der Waals surface area contributed by atoms with Gasteiger partial charge in [-0.3, -0.25) is 14.9 Å². The highest BCUT2D eigenvalue weighted by atomic mass is 16.6. The van der Waals surface area contributed by atoms with Gasteiger partial charge in [0, 0.05) is 18.6 Å². The van der Waals surface area contributed by atoms with Gasteiger partial charge in [-0.15, -0.1) is 0 Å². The molecule has 0 amide bonds. The van der Waals surface area contributed by atoms with Gasteiger partial charge < -0.3 is 4.74 Å². The molecule has 0 radical (unpaired) electrons. The molecule has 0 atom stereocenters. The van der Waals surface area contributed by atoms with Crippen LogP contribution in [0.25, 0.3) is 10.9 Å². The van der Waals surface area contributed by atoms with Crippen molar-refractivity contribution in [3.8, 4) is 11.5 Å². The van der Waals surface area contributed by atoms with E-state index in [1.165, 1.54) is 16.8 Å². The topological polar surface area (TPSA) is 99.6 Å². The molecule has 0 saturated heterocycles. The summed E-state index contributed by atoms with van der Waals surface area (Å²) in [6.45, 7) is 2.03. The van der Waals surface area contributed by atoms with E-state index in [4.69, 9.17) is 4.74 Å². The van der Waals surface area contributed by atoms with Gasteiger partial charge in [-0.2, -0.15) is 9.78 Å². The lowest BCUT2D eigenvalue weighted by molar-refractivity contribution is -0.384. The van der Waals surface area contributed by atoms with Crippen LogP contribution in [-0.2, 0) is 6.42 Å². The van der Waals surface area contributed by atoms with E-state index in [9.17, 15) is 14.9 Å². The van der Waals surface area contributed by atoms with Crippen LogP contribution >= 0.6 is 0 Å². The van der Waals surface area contributed by atoms with Gasteiger partial charge in [-0.05, 0) is 60.5 Å². The van der Waals surface area contributed by atoms with E-state index >= 15 is 0 Å². The standard InChI is InChI=1S/C24H20N4O4/c1-2-5-23-26-22-7-4-3-6-21(22)24(29)27(23)25-16-17-8-12-19(13-9-17)32-20-14-10-18(11-15-20)28(30)31/h3-4,6-16H,2,5H2,1H3/b25-16+. The number of nitro benzene ring substituents is 1. The maximum absolute atomic E-state index is 12.9. The van der Waals surface area contributed by atoms with Gasteiger partial charge in [0.1, 0.15) is 17.3 Å². The number of fused-ring (bicyclic) bond motifs is 1. The van der Waals surface area contributed by atoms with Crippen LogP contribution in [0.5, 0.6) is 11.5 Å². The van der Waals surface area contributed by atoms with Crippen LogP contribution in [-0.4, -0.2) is 20.8 Å². The second-order valence-corrected chi connectivity index (χ2v) is 7.08. The summed E-state index contributed by atoms with van der Waals surface area (Å²) in [5.74, 6) is 1.69. The number of hydrogen-bond acceptors (Lipinski definition) is 6. The molecule has 0 aliphatic carbocycles. The van der Waals surface area contributed by atoms with Crippen molar-refractivity contribution < 1.29 is 9.66 Å². The summed E-state index contributed by atoms with van der Waals surface area (Å²) in [6, 6.07) is 20.2. The fourth-order valence-electron chi connectivity index (χ4n) is 3.19. The molecular formula is C24H20N4O4. The zero-order valence-electron chi connectivity index (χ0n) is 17.3. The number of aryl methyl sites for hydroxylation is 1. The lowest BCUT2D eigenvalue weighted by Gasteiger charge is -2.08. The summed E-state index contributed by atoms with van der Waals surface area (Å²) < 4.78 is 7.07. The van der Waals surface area contributed by atoms with Crippen LogP contribution in [0.4, 0.5) is 5.69 Å². The summed E-state index contributed by atoms with van der Waals surface area (Å²) in [7, 11) is 0. The van der Waals surface area contributed by atoms with Crippen molar-refractivity contribution in [1.29, 1.82) is 0 Å². The first-order valence-electron chi connectivity index (χ1n) is 10.1. The lowest BCUT2D eigenvalue weighted by atomic mass is 10.2. The van der Waals surface area contributed by atoms with Crippen LogP contribution in [0, 0.1) is 10.1 Å². The SMILES string of the molecule is CCCc1nc2ccccc2c(=O)n1/N=C/c1ccc(Oc2ccc([N+](=O)[O-])cc2)cc1. The first kappa shape index (κ1) is 20.9. The van der Waals surface area contributed by atoms with Crippen molar-refractivity contribution >= 4 is 22.8 Å². The number of ether oxygens (including phenoxy) is 1. The van der Waals surface area contributed by atoms with E-state index in [-0.39, 0.29) is 11.2 Å². The monoisotopic (exact) mass is 428 g/mol. The van der Waals surface area contributed by atoms with Crippen molar-refractivity contribution in [2.75, 3.05) is 0 Å². The number of hydrogen-bond donors (Lipinski definition) is 0. The Morgan fingerprint density at radius 2 is 1.69 bits per heavy atom. The second kappa shape index (κ2) is 9.22. The Balaban J connectivity index is 1.55. The minimum absolute atomic E-state index is 0.00442. The van der Waals surface area contributed by atoms with Gasteiger partial charge in [0.25, 0.3) is 11.2 Å². The molecule has 8 heteroatoms. The predicted octanol–water partition coefficient (Wildman–Crippen LogP) is 4.93. The van der Waals surface area contributed by atoms with Gasteiger partial charge in [0.2, 0.25) is 0 Å². The highest BCUT2D eigenvalue weighted by Gasteiger charge is 2.09. The Bertz CT molecular complexity index is 1340. The molecular weight excluding hydrogens is 408 g/mol. The quantitative estimate of drug-likeness (QED) is 0.236. The maximum Gasteiger partial charge on any atom is 0.282 e. The van der Waals surface area contributed by atoms with E-state index in [0.717, 1.165) is 12.0 Å². The van der Waals surface area contributed by atoms with Gasteiger partial charge in [0.05, 0.1) is 22.0 Å². The number of para-hydroxylation sites is 1. The largest absolute Gasteiger partial charge is 0.457 e. The Kier molecular flexibility index (Phi) is 6.03. The second-order valence-electron chi connectivity index (χ2n) is 7.08. The summed E-state index contributed by atoms with van der Waals surface area (Å²) in [4.78, 5) is 27.8. The third kappa shape index (κ3) is 4.54. The summed E-state index contributed by atoms with van der Waals surface area (Å²) in [6.07, 6.45) is 3.08. The molecule has 0 fully saturated rings. The Morgan fingerprint density at radius 3 is 2.34 bits per heavy atom. The number of rotatable bonds is 7. The first-order chi connectivity index (χ1) is 15.5. The van der Waals surface area contributed by atoms with Crippen molar-refractivity contribution in [3.05, 3.63) is 105 Å². The van der Waals surface area contributed by atoms with Crippen molar-refractivity contribution in [2.45, 2.75) is 19.8 Å². The number of nitro groups is 1. The molecule has 0 aliphatic heterocycles. The molecule has 1 aromatic heterocycles. The van der Waals surface area contributed by atoms with Crippen molar-refractivity contribution in [1.82, 2.24) is 9.66 Å². The fraction of sp³-hybridized carbons (Fsp3) is 0.125. The highest BCUT2D eigenvalue weighted by Crippen LogP contribution is 2.24. The van der Waals surface area contributed by atoms with E-state index in [1.807, 2.05) is 37.3 Å². The van der Waals surface area contributed by atoms with Crippen LogP contribution in [0.3, 0.4) is 0 Å². The molecule has 32 heavy (non-hydrogen) atoms. The van der Waals surface area contributed by atoms with E-state index in [0.29, 0.717) is 34.6 Å². The average Bonchev–Trinajstić information content (AvgIpc) is 2.80. The van der Waals surface area contributed by atoms with Gasteiger partial charge in [0.15, 0.2) is 0 Å². The minimum atomic E-state index is -0.458. The molecule has 0 bridgehead atoms. The van der Waals surface area contributed by atoms with Crippen LogP contribution < -0.4 is 10.3 Å². The summed E-state index contributed by atoms with van der Waals surface area (Å²) in [5.41, 5.74) is 1.25. The van der Waals surface area contributed by atoms with E-state index in [2.05, 4.69) is 10.1 Å². The van der Waals surface area contributed by atoms with Gasteiger partial charge in [-0.25, -0.2) is 4.98 Å². The number of non-ortho nitro benzene ring substituents is 1. The molecule has 0 aliphatic rings. The Morgan fingerprint density at radius 1 is 1.03 bits per heavy atom. The average molecular weight is 428 g/mol. The van der Waals surface area contributed by atoms with E-state index < -0.39 is 4.92 Å². The third-order valence-corrected chi connectivity index (χ3v) is 4.78. The number of aromatic nitrogens is 2. The normalized spacial score (nSPS) is 11.2. The molecule has 4 aromatic rings. The summed E-state index contributed by atoms with van der Waals surface area (Å²) in [5, 5.41) is 15.7. The summed E-state index contributed by atoms with van der Waals surface area (Å²) >= 11 is 0. The Labute approximate surface area is 183 Å². The molecule has 160 valence electrons. The predicted molar refractivity (Wildman–Crippen MR) is 123 cm³/mol. The van der Waals surface area contributed by atoms with Crippen molar-refractivity contribution in [2.24, 2.45) is 5.10 Å². The smallest absolute Gasteiger partial charge is 0.282 e. The minimum Gasteiger partial charge on any atom is -0.457 e. The van der Waals surface area contributed by atoms with Crippen molar-refractivity contribution in [3.63, 3.8) is 0 Å². The van der Waals surface area contributed by atoms with Gasteiger partial charge in [-0.1, -0.05) is 19.1 Å². The number of nitrogens with zero attached hydrogens (tertiary/aromatic N) is 4. The van der Waals surface area contributed by atoms with Crippen LogP contribution in [0.15, 0.2) is 82.7 Å². The van der Waals surface area contributed by atoms with Crippen LogP contribution in [0.1, 0.15) is 24.7 Å². The Hall–Kier alpha value is -4.33. The lowest BCUT2D eigenvalue weighted by Crippen LogP contribution is -2.22. The molecule has 3 aromatic carbocycles. The van der Waals surface area contributed by atoms with Crippen LogP contribution in [0.2, 0.25) is 0 Å².